The normalized spacial score (nSPS) is 24.1. The van der Waals surface area contributed by atoms with Crippen LogP contribution in [0.25, 0.3) is 0 Å². The number of carbonyl (C=O) groups is 1. The largest absolute Gasteiger partial charge is 0.368 e. The molecule has 2 rings (SSSR count). The Balaban J connectivity index is 1.81. The molecule has 1 saturated heterocycles. The summed E-state index contributed by atoms with van der Waals surface area (Å²) in [6, 6.07) is 0. The highest BCUT2D eigenvalue weighted by Gasteiger charge is 2.49. The van der Waals surface area contributed by atoms with Crippen molar-refractivity contribution in [1.82, 2.24) is 4.90 Å². The second-order valence-electron chi connectivity index (χ2n) is 4.28. The van der Waals surface area contributed by atoms with E-state index >= 15 is 0 Å². The van der Waals surface area contributed by atoms with Crippen LogP contribution in [-0.4, -0.2) is 49.3 Å². The van der Waals surface area contributed by atoms with Crippen molar-refractivity contribution in [3.05, 3.63) is 0 Å². The van der Waals surface area contributed by atoms with Gasteiger partial charge in [-0.3, -0.25) is 4.79 Å². The summed E-state index contributed by atoms with van der Waals surface area (Å²) < 4.78 is 33.2. The molecule has 92 valence electrons. The van der Waals surface area contributed by atoms with Crippen molar-refractivity contribution in [2.24, 2.45) is 0 Å². The van der Waals surface area contributed by atoms with E-state index in [0.29, 0.717) is 0 Å². The third-order valence-electron chi connectivity index (χ3n) is 3.37. The van der Waals surface area contributed by atoms with E-state index in [1.165, 1.54) is 12.0 Å². The molecule has 2 aliphatic rings. The van der Waals surface area contributed by atoms with Crippen LogP contribution in [0.4, 0.5) is 8.78 Å². The number of nitrogens with zero attached hydrogens (tertiary/aromatic N) is 1. The van der Waals surface area contributed by atoms with Crippen molar-refractivity contribution in [3.8, 4) is 0 Å². The highest BCUT2D eigenvalue weighted by Crippen LogP contribution is 2.37. The minimum absolute atomic E-state index is 0.0876. The zero-order chi connectivity index (χ0) is 11.8. The average molecular weight is 235 g/mol. The molecule has 1 saturated carbocycles. The number of hydrogen-bond donors (Lipinski definition) is 0. The number of amides is 1. The molecule has 1 aliphatic carbocycles. The van der Waals surface area contributed by atoms with Gasteiger partial charge in [-0.05, 0) is 19.3 Å². The van der Waals surface area contributed by atoms with Crippen molar-refractivity contribution in [3.63, 3.8) is 0 Å². The summed E-state index contributed by atoms with van der Waals surface area (Å²) in [6.07, 6.45) is 1.89. The number of hydrogen-bond acceptors (Lipinski definition) is 3. The third-order valence-corrected chi connectivity index (χ3v) is 3.37. The van der Waals surface area contributed by atoms with Gasteiger partial charge < -0.3 is 14.4 Å². The average Bonchev–Trinajstić information content (AvgIpc) is 2.09. The van der Waals surface area contributed by atoms with Gasteiger partial charge in [-0.25, -0.2) is 0 Å². The quantitative estimate of drug-likeness (QED) is 0.729. The molecule has 6 heteroatoms. The molecule has 16 heavy (non-hydrogen) atoms. The maximum absolute atomic E-state index is 11.9. The first-order valence-corrected chi connectivity index (χ1v) is 5.35. The first-order chi connectivity index (χ1) is 7.57. The van der Waals surface area contributed by atoms with E-state index in [-0.39, 0.29) is 19.0 Å². The second kappa shape index (κ2) is 4.25. The molecule has 0 aromatic heterocycles. The van der Waals surface area contributed by atoms with Crippen molar-refractivity contribution in [1.29, 1.82) is 0 Å². The van der Waals surface area contributed by atoms with Crippen LogP contribution in [0, 0.1) is 0 Å². The summed E-state index contributed by atoms with van der Waals surface area (Å²) in [7, 11) is 1.52. The van der Waals surface area contributed by atoms with Crippen LogP contribution in [0.3, 0.4) is 0 Å². The van der Waals surface area contributed by atoms with Gasteiger partial charge in [0.05, 0.1) is 6.10 Å². The molecule has 4 nitrogen and oxygen atoms in total. The molecule has 0 aromatic carbocycles. The van der Waals surface area contributed by atoms with Crippen LogP contribution in [0.1, 0.15) is 19.3 Å². The highest BCUT2D eigenvalue weighted by atomic mass is 19.3. The molecule has 1 heterocycles. The van der Waals surface area contributed by atoms with Gasteiger partial charge >= 0.3 is 6.61 Å². The zero-order valence-electron chi connectivity index (χ0n) is 9.12. The Bertz CT molecular complexity index is 270. The van der Waals surface area contributed by atoms with E-state index in [9.17, 15) is 13.6 Å². The monoisotopic (exact) mass is 235 g/mol. The number of alkyl halides is 2. The molecule has 0 spiro atoms. The Labute approximate surface area is 92.5 Å². The number of rotatable bonds is 4. The van der Waals surface area contributed by atoms with Gasteiger partial charge in [0.1, 0.15) is 5.60 Å². The fourth-order valence-corrected chi connectivity index (χ4v) is 2.13. The first kappa shape index (κ1) is 11.7. The Morgan fingerprint density at radius 2 is 2.06 bits per heavy atom. The van der Waals surface area contributed by atoms with Crippen molar-refractivity contribution in [2.45, 2.75) is 37.6 Å². The molecular weight excluding hydrogens is 220 g/mol. The van der Waals surface area contributed by atoms with E-state index < -0.39 is 18.3 Å². The van der Waals surface area contributed by atoms with E-state index in [2.05, 4.69) is 4.74 Å². The summed E-state index contributed by atoms with van der Waals surface area (Å²) in [6.45, 7) is -2.27. The highest BCUT2D eigenvalue weighted by molar-refractivity contribution is 5.87. The topological polar surface area (TPSA) is 38.8 Å². The minimum atomic E-state index is -2.76. The fourth-order valence-electron chi connectivity index (χ4n) is 2.13. The molecule has 0 unspecified atom stereocenters. The summed E-state index contributed by atoms with van der Waals surface area (Å²) in [5.41, 5.74) is -0.685. The predicted octanol–water partition coefficient (Wildman–Crippen LogP) is 1.01. The number of carbonyl (C=O) groups excluding carboxylic acids is 1. The zero-order valence-corrected chi connectivity index (χ0v) is 9.12. The lowest BCUT2D eigenvalue weighted by atomic mass is 9.78. The Kier molecular flexibility index (Phi) is 3.12. The number of halogens is 2. The van der Waals surface area contributed by atoms with Gasteiger partial charge in [-0.15, -0.1) is 0 Å². The van der Waals surface area contributed by atoms with Crippen LogP contribution < -0.4 is 0 Å². The number of ether oxygens (including phenoxy) is 2. The molecule has 1 aliphatic heterocycles. The van der Waals surface area contributed by atoms with Gasteiger partial charge in [-0.1, -0.05) is 0 Å². The smallest absolute Gasteiger partial charge is 0.345 e. The van der Waals surface area contributed by atoms with Crippen molar-refractivity contribution < 1.29 is 23.0 Å². The Morgan fingerprint density at radius 3 is 2.44 bits per heavy atom. The van der Waals surface area contributed by atoms with Crippen LogP contribution in [0.15, 0.2) is 0 Å². The minimum Gasteiger partial charge on any atom is -0.368 e. The van der Waals surface area contributed by atoms with Crippen LogP contribution in [0.5, 0.6) is 0 Å². The lowest BCUT2D eigenvalue weighted by molar-refractivity contribution is -0.209. The van der Waals surface area contributed by atoms with E-state index in [1.54, 1.807) is 0 Å². The summed E-state index contributed by atoms with van der Waals surface area (Å²) in [5, 5.41) is 0. The molecule has 0 radical (unpaired) electrons. The maximum Gasteiger partial charge on any atom is 0.345 e. The van der Waals surface area contributed by atoms with Crippen LogP contribution in [-0.2, 0) is 14.3 Å². The van der Waals surface area contributed by atoms with Crippen LogP contribution >= 0.6 is 0 Å². The predicted molar refractivity (Wildman–Crippen MR) is 51.0 cm³/mol. The molecule has 0 atom stereocenters. The molecule has 1 amide bonds. The fraction of sp³-hybridized carbons (Fsp3) is 0.900. The van der Waals surface area contributed by atoms with Gasteiger partial charge in [0.15, 0.2) is 0 Å². The SMILES string of the molecule is COC1(C(=O)N2CC(OC(F)F)C2)CCC1. The molecule has 0 N–H and O–H groups in total. The summed E-state index contributed by atoms with van der Waals surface area (Å²) in [5.74, 6) is -0.0876. The number of likely N-dealkylation sites (tertiary alicyclic amines) is 1. The standard InChI is InChI=1S/C10H15F2NO3/c1-15-10(3-2-4-10)8(14)13-5-7(6-13)16-9(11)12/h7,9H,2-6H2,1H3. The van der Waals surface area contributed by atoms with E-state index in [1.807, 2.05) is 0 Å². The number of methoxy groups -OCH3 is 1. The Morgan fingerprint density at radius 1 is 1.44 bits per heavy atom. The van der Waals surface area contributed by atoms with Crippen LogP contribution in [0.2, 0.25) is 0 Å². The lowest BCUT2D eigenvalue weighted by Gasteiger charge is -2.47. The van der Waals surface area contributed by atoms with Crippen molar-refractivity contribution in [2.75, 3.05) is 20.2 Å². The van der Waals surface area contributed by atoms with Crippen molar-refractivity contribution >= 4 is 5.91 Å². The summed E-state index contributed by atoms with van der Waals surface area (Å²) in [4.78, 5) is 13.5. The first-order valence-electron chi connectivity index (χ1n) is 5.35. The third kappa shape index (κ3) is 1.91. The Hall–Kier alpha value is -0.750. The molecule has 0 bridgehead atoms. The van der Waals surface area contributed by atoms with Gasteiger partial charge in [-0.2, -0.15) is 8.78 Å². The lowest BCUT2D eigenvalue weighted by Crippen LogP contribution is -2.63. The second-order valence-corrected chi connectivity index (χ2v) is 4.28. The molecule has 0 aromatic rings. The maximum atomic E-state index is 11.9. The van der Waals surface area contributed by atoms with Gasteiger partial charge in [0, 0.05) is 20.2 Å². The molecule has 2 fully saturated rings. The molecular formula is C10H15F2NO3. The van der Waals surface area contributed by atoms with Gasteiger partial charge in [0.2, 0.25) is 0 Å². The van der Waals surface area contributed by atoms with E-state index in [4.69, 9.17) is 4.74 Å². The summed E-state index contributed by atoms with van der Waals surface area (Å²) >= 11 is 0. The van der Waals surface area contributed by atoms with Gasteiger partial charge in [0.25, 0.3) is 5.91 Å². The van der Waals surface area contributed by atoms with E-state index in [0.717, 1.165) is 19.3 Å².